The number of nitrogen functional groups attached to an aromatic ring is 1. The quantitative estimate of drug-likeness (QED) is 0.734. The normalized spacial score (nSPS) is 10.6. The summed E-state index contributed by atoms with van der Waals surface area (Å²) >= 11 is 0. The molecule has 5 heteroatoms. The zero-order valence-electron chi connectivity index (χ0n) is 10.9. The van der Waals surface area contributed by atoms with Gasteiger partial charge in [-0.15, -0.1) is 0 Å². The maximum atomic E-state index is 5.75. The molecule has 0 amide bonds. The number of hydrogen-bond donors (Lipinski definition) is 1. The number of rotatable bonds is 4. The maximum Gasteiger partial charge on any atom is 0.227 e. The Morgan fingerprint density at radius 2 is 1.90 bits per heavy atom. The van der Waals surface area contributed by atoms with Gasteiger partial charge in [-0.3, -0.25) is 4.98 Å². The van der Waals surface area contributed by atoms with E-state index in [-0.39, 0.29) is 0 Å². The molecule has 0 aliphatic rings. The van der Waals surface area contributed by atoms with Crippen LogP contribution in [0.4, 0.5) is 5.69 Å². The van der Waals surface area contributed by atoms with Crippen molar-refractivity contribution in [3.63, 3.8) is 0 Å². The lowest BCUT2D eigenvalue weighted by atomic mass is 10.1. The fourth-order valence-electron chi connectivity index (χ4n) is 1.97. The minimum atomic E-state index is 0.593. The summed E-state index contributed by atoms with van der Waals surface area (Å²) in [6, 6.07) is 11.5. The molecule has 1 aromatic carbocycles. The molecule has 0 bridgehead atoms. The molecule has 100 valence electrons. The van der Waals surface area contributed by atoms with Crippen LogP contribution in [-0.4, -0.2) is 15.1 Å². The summed E-state index contributed by atoms with van der Waals surface area (Å²) in [6.45, 7) is 0. The molecular formula is C15H14N4O. The standard InChI is InChI=1S/C15H14N4O/c16-13-3-1-2-11(10-13)4-5-14-18-15(19-20-14)12-6-8-17-9-7-12/h1-3,6-10H,4-5,16H2. The second kappa shape index (κ2) is 5.52. The zero-order chi connectivity index (χ0) is 13.8. The van der Waals surface area contributed by atoms with Gasteiger partial charge < -0.3 is 10.3 Å². The summed E-state index contributed by atoms with van der Waals surface area (Å²) in [6.07, 6.45) is 4.93. The molecule has 3 aromatic rings. The summed E-state index contributed by atoms with van der Waals surface area (Å²) in [5, 5.41) is 3.98. The van der Waals surface area contributed by atoms with E-state index in [1.165, 1.54) is 0 Å². The van der Waals surface area contributed by atoms with E-state index < -0.39 is 0 Å². The van der Waals surface area contributed by atoms with Crippen molar-refractivity contribution in [1.29, 1.82) is 0 Å². The lowest BCUT2D eigenvalue weighted by molar-refractivity contribution is 0.379. The van der Waals surface area contributed by atoms with Crippen LogP contribution in [0, 0.1) is 0 Å². The van der Waals surface area contributed by atoms with E-state index in [0.29, 0.717) is 18.1 Å². The van der Waals surface area contributed by atoms with Gasteiger partial charge in [0, 0.05) is 30.1 Å². The summed E-state index contributed by atoms with van der Waals surface area (Å²) in [5.41, 5.74) is 8.58. The monoisotopic (exact) mass is 266 g/mol. The lowest BCUT2D eigenvalue weighted by Crippen LogP contribution is -1.93. The van der Waals surface area contributed by atoms with Gasteiger partial charge in [0.1, 0.15) is 0 Å². The number of hydrogen-bond acceptors (Lipinski definition) is 5. The first-order valence-corrected chi connectivity index (χ1v) is 6.39. The third-order valence-corrected chi connectivity index (χ3v) is 2.99. The number of benzene rings is 1. The number of aromatic nitrogens is 3. The Labute approximate surface area is 116 Å². The van der Waals surface area contributed by atoms with E-state index in [4.69, 9.17) is 10.3 Å². The number of anilines is 1. The SMILES string of the molecule is Nc1cccc(CCc2nc(-c3ccncc3)no2)c1. The Bertz CT molecular complexity index is 694. The van der Waals surface area contributed by atoms with Crippen molar-refractivity contribution in [2.75, 3.05) is 5.73 Å². The van der Waals surface area contributed by atoms with E-state index >= 15 is 0 Å². The average Bonchev–Trinajstić information content (AvgIpc) is 2.95. The van der Waals surface area contributed by atoms with Crippen molar-refractivity contribution in [1.82, 2.24) is 15.1 Å². The molecule has 5 nitrogen and oxygen atoms in total. The van der Waals surface area contributed by atoms with E-state index in [2.05, 4.69) is 15.1 Å². The second-order valence-corrected chi connectivity index (χ2v) is 4.49. The van der Waals surface area contributed by atoms with Crippen LogP contribution in [0.1, 0.15) is 11.5 Å². The van der Waals surface area contributed by atoms with E-state index in [1.54, 1.807) is 12.4 Å². The van der Waals surface area contributed by atoms with Crippen molar-refractivity contribution in [3.8, 4) is 11.4 Å². The van der Waals surface area contributed by atoms with Crippen molar-refractivity contribution < 1.29 is 4.52 Å². The van der Waals surface area contributed by atoms with Crippen LogP contribution in [0.2, 0.25) is 0 Å². The highest BCUT2D eigenvalue weighted by atomic mass is 16.5. The highest BCUT2D eigenvalue weighted by molar-refractivity contribution is 5.52. The van der Waals surface area contributed by atoms with E-state index in [1.807, 2.05) is 36.4 Å². The van der Waals surface area contributed by atoms with Crippen LogP contribution < -0.4 is 5.73 Å². The topological polar surface area (TPSA) is 77.8 Å². The van der Waals surface area contributed by atoms with Crippen molar-refractivity contribution in [2.45, 2.75) is 12.8 Å². The van der Waals surface area contributed by atoms with Crippen LogP contribution >= 0.6 is 0 Å². The third-order valence-electron chi connectivity index (χ3n) is 2.99. The van der Waals surface area contributed by atoms with E-state index in [9.17, 15) is 0 Å². The maximum absolute atomic E-state index is 5.75. The first-order chi connectivity index (χ1) is 9.81. The van der Waals surface area contributed by atoms with Crippen molar-refractivity contribution >= 4 is 5.69 Å². The molecule has 0 radical (unpaired) electrons. The van der Waals surface area contributed by atoms with Gasteiger partial charge in [-0.2, -0.15) is 4.98 Å². The Hall–Kier alpha value is -2.69. The molecule has 0 saturated heterocycles. The van der Waals surface area contributed by atoms with Crippen LogP contribution in [0.3, 0.4) is 0 Å². The summed E-state index contributed by atoms with van der Waals surface area (Å²) in [4.78, 5) is 8.35. The molecule has 0 fully saturated rings. The van der Waals surface area contributed by atoms with Crippen LogP contribution in [0.5, 0.6) is 0 Å². The smallest absolute Gasteiger partial charge is 0.227 e. The number of nitrogens with zero attached hydrogens (tertiary/aromatic N) is 3. The Balaban J connectivity index is 1.69. The van der Waals surface area contributed by atoms with Gasteiger partial charge in [-0.25, -0.2) is 0 Å². The minimum Gasteiger partial charge on any atom is -0.399 e. The molecule has 2 N–H and O–H groups in total. The molecule has 0 spiro atoms. The van der Waals surface area contributed by atoms with Crippen LogP contribution in [0.15, 0.2) is 53.3 Å². The molecule has 0 aliphatic heterocycles. The molecule has 0 saturated carbocycles. The fraction of sp³-hybridized carbons (Fsp3) is 0.133. The Morgan fingerprint density at radius 3 is 2.70 bits per heavy atom. The van der Waals surface area contributed by atoms with Gasteiger partial charge >= 0.3 is 0 Å². The third kappa shape index (κ3) is 2.83. The Kier molecular flexibility index (Phi) is 3.41. The van der Waals surface area contributed by atoms with Crippen LogP contribution in [-0.2, 0) is 12.8 Å². The highest BCUT2D eigenvalue weighted by Gasteiger charge is 2.08. The largest absolute Gasteiger partial charge is 0.399 e. The number of nitrogens with two attached hydrogens (primary N) is 1. The molecule has 0 aliphatic carbocycles. The lowest BCUT2D eigenvalue weighted by Gasteiger charge is -1.99. The minimum absolute atomic E-state index is 0.593. The van der Waals surface area contributed by atoms with E-state index in [0.717, 1.165) is 23.2 Å². The predicted octanol–water partition coefficient (Wildman–Crippen LogP) is 2.50. The zero-order valence-corrected chi connectivity index (χ0v) is 10.9. The molecule has 0 atom stereocenters. The predicted molar refractivity (Wildman–Crippen MR) is 75.8 cm³/mol. The fourth-order valence-corrected chi connectivity index (χ4v) is 1.97. The first-order valence-electron chi connectivity index (χ1n) is 6.39. The second-order valence-electron chi connectivity index (χ2n) is 4.49. The molecule has 0 unspecified atom stereocenters. The number of aryl methyl sites for hydroxylation is 2. The van der Waals surface area contributed by atoms with Gasteiger partial charge in [-0.05, 0) is 36.2 Å². The van der Waals surface area contributed by atoms with Gasteiger partial charge in [0.25, 0.3) is 0 Å². The first kappa shape index (κ1) is 12.3. The molecular weight excluding hydrogens is 252 g/mol. The molecule has 3 rings (SSSR count). The van der Waals surface area contributed by atoms with Gasteiger partial charge in [0.2, 0.25) is 11.7 Å². The molecule has 2 heterocycles. The summed E-state index contributed by atoms with van der Waals surface area (Å²) < 4.78 is 5.26. The Morgan fingerprint density at radius 1 is 1.05 bits per heavy atom. The van der Waals surface area contributed by atoms with Crippen molar-refractivity contribution in [2.24, 2.45) is 0 Å². The summed E-state index contributed by atoms with van der Waals surface area (Å²) in [5.74, 6) is 1.22. The summed E-state index contributed by atoms with van der Waals surface area (Å²) in [7, 11) is 0. The van der Waals surface area contributed by atoms with Gasteiger partial charge in [-0.1, -0.05) is 17.3 Å². The van der Waals surface area contributed by atoms with Crippen molar-refractivity contribution in [3.05, 3.63) is 60.2 Å². The average molecular weight is 266 g/mol. The molecule has 2 aromatic heterocycles. The molecule has 20 heavy (non-hydrogen) atoms. The van der Waals surface area contributed by atoms with Gasteiger partial charge in [0.05, 0.1) is 0 Å². The highest BCUT2D eigenvalue weighted by Crippen LogP contribution is 2.15. The van der Waals surface area contributed by atoms with Gasteiger partial charge in [0.15, 0.2) is 0 Å². The van der Waals surface area contributed by atoms with Crippen LogP contribution in [0.25, 0.3) is 11.4 Å². The number of pyridine rings is 1.